The second-order valence-corrected chi connectivity index (χ2v) is 6.62. The van der Waals surface area contributed by atoms with Gasteiger partial charge in [-0.05, 0) is 59.1 Å². The van der Waals surface area contributed by atoms with Crippen LogP contribution in [0.1, 0.15) is 31.1 Å². The molecule has 0 saturated carbocycles. The third-order valence-corrected chi connectivity index (χ3v) is 3.79. The van der Waals surface area contributed by atoms with Gasteiger partial charge in [0.15, 0.2) is 0 Å². The van der Waals surface area contributed by atoms with Gasteiger partial charge in [-0.25, -0.2) is 0 Å². The van der Waals surface area contributed by atoms with Crippen molar-refractivity contribution in [3.05, 3.63) is 52.5 Å². The molecule has 128 valence electrons. The molecule has 0 aromatic heterocycles. The van der Waals surface area contributed by atoms with Crippen molar-refractivity contribution >= 4 is 27.5 Å². The predicted octanol–water partition coefficient (Wildman–Crippen LogP) is 5.13. The van der Waals surface area contributed by atoms with E-state index in [1.165, 1.54) is 0 Å². The molecular formula is C19H22BrNO3. The molecule has 0 aliphatic rings. The summed E-state index contributed by atoms with van der Waals surface area (Å²) in [5, 5.41) is 2.88. The minimum atomic E-state index is -0.181. The average molecular weight is 392 g/mol. The lowest BCUT2D eigenvalue weighted by Gasteiger charge is -2.11. The van der Waals surface area contributed by atoms with Gasteiger partial charge in [0.05, 0.1) is 17.7 Å². The van der Waals surface area contributed by atoms with Crippen LogP contribution in [0, 0.1) is 5.92 Å². The first-order valence-electron chi connectivity index (χ1n) is 7.96. The lowest BCUT2D eigenvalue weighted by atomic mass is 10.2. The van der Waals surface area contributed by atoms with Crippen LogP contribution in [0.2, 0.25) is 0 Å². The smallest absolute Gasteiger partial charge is 0.255 e. The standard InChI is InChI=1S/C19H22BrNO3/c1-4-23-18-9-8-14(10-17(18)20)19(22)21-15-6-5-7-16(11-15)24-12-13(2)3/h5-11,13H,4,12H2,1-3H3,(H,21,22). The number of carbonyl (C=O) groups excluding carboxylic acids is 1. The Hall–Kier alpha value is -2.01. The Morgan fingerprint density at radius 1 is 1.17 bits per heavy atom. The van der Waals surface area contributed by atoms with Gasteiger partial charge < -0.3 is 14.8 Å². The summed E-state index contributed by atoms with van der Waals surface area (Å²) in [4.78, 5) is 12.4. The Labute approximate surface area is 151 Å². The van der Waals surface area contributed by atoms with Gasteiger partial charge in [-0.3, -0.25) is 4.79 Å². The monoisotopic (exact) mass is 391 g/mol. The van der Waals surface area contributed by atoms with Crippen LogP contribution >= 0.6 is 15.9 Å². The Bertz CT molecular complexity index is 701. The van der Waals surface area contributed by atoms with Gasteiger partial charge in [-0.2, -0.15) is 0 Å². The molecule has 0 unspecified atom stereocenters. The van der Waals surface area contributed by atoms with Crippen molar-refractivity contribution in [2.75, 3.05) is 18.5 Å². The molecule has 0 saturated heterocycles. The number of rotatable bonds is 7. The highest BCUT2D eigenvalue weighted by atomic mass is 79.9. The van der Waals surface area contributed by atoms with Crippen molar-refractivity contribution < 1.29 is 14.3 Å². The molecule has 2 aromatic rings. The third kappa shape index (κ3) is 5.27. The predicted molar refractivity (Wildman–Crippen MR) is 100 cm³/mol. The van der Waals surface area contributed by atoms with Gasteiger partial charge in [0, 0.05) is 17.3 Å². The Kier molecular flexibility index (Phi) is 6.67. The van der Waals surface area contributed by atoms with E-state index in [9.17, 15) is 4.79 Å². The van der Waals surface area contributed by atoms with E-state index in [1.54, 1.807) is 18.2 Å². The van der Waals surface area contributed by atoms with E-state index in [0.29, 0.717) is 30.4 Å². The van der Waals surface area contributed by atoms with Crippen LogP contribution < -0.4 is 14.8 Å². The Morgan fingerprint density at radius 3 is 2.62 bits per heavy atom. The van der Waals surface area contributed by atoms with E-state index in [-0.39, 0.29) is 5.91 Å². The van der Waals surface area contributed by atoms with Crippen LogP contribution in [0.4, 0.5) is 5.69 Å². The Morgan fingerprint density at radius 2 is 1.96 bits per heavy atom. The van der Waals surface area contributed by atoms with Crippen LogP contribution in [-0.4, -0.2) is 19.1 Å². The zero-order valence-corrected chi connectivity index (χ0v) is 15.7. The fourth-order valence-electron chi connectivity index (χ4n) is 2.04. The summed E-state index contributed by atoms with van der Waals surface area (Å²) in [5.74, 6) is 1.73. The molecule has 0 aliphatic carbocycles. The zero-order valence-electron chi connectivity index (χ0n) is 14.1. The zero-order chi connectivity index (χ0) is 17.5. The van der Waals surface area contributed by atoms with E-state index in [4.69, 9.17) is 9.47 Å². The summed E-state index contributed by atoms with van der Waals surface area (Å²) in [6.07, 6.45) is 0. The Balaban J connectivity index is 2.06. The number of amides is 1. The summed E-state index contributed by atoms with van der Waals surface area (Å²) in [6, 6.07) is 12.7. The summed E-state index contributed by atoms with van der Waals surface area (Å²) in [6.45, 7) is 7.32. The molecule has 0 atom stereocenters. The van der Waals surface area contributed by atoms with Crippen LogP contribution in [0.15, 0.2) is 46.9 Å². The SMILES string of the molecule is CCOc1ccc(C(=O)Nc2cccc(OCC(C)C)c2)cc1Br. The largest absolute Gasteiger partial charge is 0.493 e. The number of anilines is 1. The molecule has 5 heteroatoms. The van der Waals surface area contributed by atoms with Gasteiger partial charge in [-0.15, -0.1) is 0 Å². The van der Waals surface area contributed by atoms with Crippen LogP contribution in [0.3, 0.4) is 0 Å². The fraction of sp³-hybridized carbons (Fsp3) is 0.316. The molecule has 0 fully saturated rings. The molecule has 0 heterocycles. The number of hydrogen-bond acceptors (Lipinski definition) is 3. The number of ether oxygens (including phenoxy) is 2. The molecule has 1 amide bonds. The van der Waals surface area contributed by atoms with Crippen LogP contribution in [-0.2, 0) is 0 Å². The normalized spacial score (nSPS) is 10.5. The van der Waals surface area contributed by atoms with E-state index in [1.807, 2.05) is 31.2 Å². The second-order valence-electron chi connectivity index (χ2n) is 5.77. The molecule has 0 radical (unpaired) electrons. The maximum Gasteiger partial charge on any atom is 0.255 e. The highest BCUT2D eigenvalue weighted by molar-refractivity contribution is 9.10. The minimum Gasteiger partial charge on any atom is -0.493 e. The van der Waals surface area contributed by atoms with Crippen molar-refractivity contribution in [3.63, 3.8) is 0 Å². The first-order chi connectivity index (χ1) is 11.5. The van der Waals surface area contributed by atoms with Gasteiger partial charge in [0.1, 0.15) is 11.5 Å². The molecule has 0 bridgehead atoms. The number of halogens is 1. The summed E-state index contributed by atoms with van der Waals surface area (Å²) in [5.41, 5.74) is 1.25. The molecule has 0 spiro atoms. The lowest BCUT2D eigenvalue weighted by molar-refractivity contribution is 0.102. The molecule has 24 heavy (non-hydrogen) atoms. The van der Waals surface area contributed by atoms with Crippen molar-refractivity contribution in [2.45, 2.75) is 20.8 Å². The summed E-state index contributed by atoms with van der Waals surface area (Å²) >= 11 is 3.42. The van der Waals surface area contributed by atoms with E-state index < -0.39 is 0 Å². The van der Waals surface area contributed by atoms with Crippen molar-refractivity contribution in [1.82, 2.24) is 0 Å². The maximum absolute atomic E-state index is 12.4. The first kappa shape index (κ1) is 18.3. The van der Waals surface area contributed by atoms with E-state index in [0.717, 1.165) is 16.0 Å². The maximum atomic E-state index is 12.4. The number of carbonyl (C=O) groups is 1. The van der Waals surface area contributed by atoms with Gasteiger partial charge in [0.2, 0.25) is 0 Å². The third-order valence-electron chi connectivity index (χ3n) is 3.17. The van der Waals surface area contributed by atoms with E-state index >= 15 is 0 Å². The van der Waals surface area contributed by atoms with Crippen LogP contribution in [0.25, 0.3) is 0 Å². The quantitative estimate of drug-likeness (QED) is 0.710. The highest BCUT2D eigenvalue weighted by Gasteiger charge is 2.10. The molecule has 2 rings (SSSR count). The second kappa shape index (κ2) is 8.73. The molecular weight excluding hydrogens is 370 g/mol. The number of benzene rings is 2. The molecule has 2 aromatic carbocycles. The summed E-state index contributed by atoms with van der Waals surface area (Å²) < 4.78 is 11.9. The first-order valence-corrected chi connectivity index (χ1v) is 8.75. The molecule has 1 N–H and O–H groups in total. The summed E-state index contributed by atoms with van der Waals surface area (Å²) in [7, 11) is 0. The lowest BCUT2D eigenvalue weighted by Crippen LogP contribution is -2.12. The minimum absolute atomic E-state index is 0.181. The topological polar surface area (TPSA) is 47.6 Å². The number of nitrogens with one attached hydrogen (secondary N) is 1. The highest BCUT2D eigenvalue weighted by Crippen LogP contribution is 2.26. The molecule has 0 aliphatic heterocycles. The molecule has 4 nitrogen and oxygen atoms in total. The average Bonchev–Trinajstić information content (AvgIpc) is 2.55. The van der Waals surface area contributed by atoms with Gasteiger partial charge in [0.25, 0.3) is 5.91 Å². The number of hydrogen-bond donors (Lipinski definition) is 1. The van der Waals surface area contributed by atoms with Crippen molar-refractivity contribution in [2.24, 2.45) is 5.92 Å². The van der Waals surface area contributed by atoms with E-state index in [2.05, 4.69) is 35.1 Å². The fourth-order valence-corrected chi connectivity index (χ4v) is 2.54. The van der Waals surface area contributed by atoms with Gasteiger partial charge in [-0.1, -0.05) is 19.9 Å². The van der Waals surface area contributed by atoms with Gasteiger partial charge >= 0.3 is 0 Å². The van der Waals surface area contributed by atoms with Crippen molar-refractivity contribution in [1.29, 1.82) is 0 Å². The van der Waals surface area contributed by atoms with Crippen LogP contribution in [0.5, 0.6) is 11.5 Å². The van der Waals surface area contributed by atoms with Crippen molar-refractivity contribution in [3.8, 4) is 11.5 Å².